The highest BCUT2D eigenvalue weighted by atomic mass is 79.9. The average molecular weight is 281 g/mol. The fourth-order valence-electron chi connectivity index (χ4n) is 1.09. The monoisotopic (exact) mass is 279 g/mol. The zero-order valence-electron chi connectivity index (χ0n) is 7.69. The molecule has 0 amide bonds. The van der Waals surface area contributed by atoms with Gasteiger partial charge in [0, 0.05) is 22.5 Å². The first-order valence-corrected chi connectivity index (χ1v) is 5.77. The largest absolute Gasteiger partial charge is 0.313 e. The van der Waals surface area contributed by atoms with E-state index in [0.717, 1.165) is 17.4 Å². The van der Waals surface area contributed by atoms with Crippen LogP contribution < -0.4 is 5.32 Å². The number of rotatable bonds is 5. The summed E-state index contributed by atoms with van der Waals surface area (Å²) in [4.78, 5) is 0. The van der Waals surface area contributed by atoms with Crippen molar-refractivity contribution in [3.63, 3.8) is 0 Å². The molecule has 1 aromatic rings. The first kappa shape index (κ1) is 12.0. The maximum atomic E-state index is 13.2. The zero-order valence-corrected chi connectivity index (χ0v) is 10.0. The lowest BCUT2D eigenvalue weighted by Crippen LogP contribution is -2.15. The van der Waals surface area contributed by atoms with Crippen LogP contribution in [0.1, 0.15) is 12.0 Å². The third-order valence-electron chi connectivity index (χ3n) is 1.81. The molecule has 1 N–H and O–H groups in total. The van der Waals surface area contributed by atoms with Gasteiger partial charge < -0.3 is 5.32 Å². The van der Waals surface area contributed by atoms with Gasteiger partial charge in [0.15, 0.2) is 0 Å². The van der Waals surface area contributed by atoms with E-state index in [-0.39, 0.29) is 5.82 Å². The van der Waals surface area contributed by atoms with Gasteiger partial charge in [-0.2, -0.15) is 0 Å². The Morgan fingerprint density at radius 3 is 2.93 bits per heavy atom. The molecule has 0 atom stereocenters. The predicted octanol–water partition coefficient (Wildman–Crippen LogP) is 3.31. The molecule has 0 saturated carbocycles. The van der Waals surface area contributed by atoms with E-state index in [1.807, 2.05) is 0 Å². The maximum absolute atomic E-state index is 13.2. The van der Waals surface area contributed by atoms with E-state index < -0.39 is 0 Å². The van der Waals surface area contributed by atoms with Gasteiger partial charge >= 0.3 is 0 Å². The lowest BCUT2D eigenvalue weighted by molar-refractivity contribution is 0.586. The zero-order chi connectivity index (χ0) is 10.4. The minimum Gasteiger partial charge on any atom is -0.313 e. The van der Waals surface area contributed by atoms with Crippen LogP contribution in [-0.4, -0.2) is 12.4 Å². The smallest absolute Gasteiger partial charge is 0.127 e. The molecule has 14 heavy (non-hydrogen) atoms. The summed E-state index contributed by atoms with van der Waals surface area (Å²) in [7, 11) is 0. The Hall–Kier alpha value is -0.120. The summed E-state index contributed by atoms with van der Waals surface area (Å²) in [6, 6.07) is 4.93. The second kappa shape index (κ2) is 6.38. The number of nitrogens with one attached hydrogen (secondary N) is 1. The van der Waals surface area contributed by atoms with E-state index >= 15 is 0 Å². The van der Waals surface area contributed by atoms with Crippen LogP contribution in [0.25, 0.3) is 0 Å². The summed E-state index contributed by atoms with van der Waals surface area (Å²) in [5.41, 5.74) is 0.675. The van der Waals surface area contributed by atoms with Crippen LogP contribution in [0.4, 0.5) is 4.39 Å². The topological polar surface area (TPSA) is 12.0 Å². The van der Waals surface area contributed by atoms with Crippen LogP contribution in [0.3, 0.4) is 0 Å². The molecule has 1 nitrogen and oxygen atoms in total. The Balaban J connectivity index is 2.45. The van der Waals surface area contributed by atoms with Gasteiger partial charge in [-0.15, -0.1) is 11.6 Å². The SMILES string of the molecule is Fc1ccc(Br)cc1CNCCCCl. The van der Waals surface area contributed by atoms with E-state index in [0.29, 0.717) is 18.0 Å². The number of halogens is 3. The predicted molar refractivity (Wildman–Crippen MR) is 61.1 cm³/mol. The molecule has 0 saturated heterocycles. The van der Waals surface area contributed by atoms with Crippen molar-refractivity contribution < 1.29 is 4.39 Å². The molecule has 1 rings (SSSR count). The minimum atomic E-state index is -0.174. The molecule has 0 aromatic heterocycles. The molecule has 0 unspecified atom stereocenters. The molecule has 0 bridgehead atoms. The van der Waals surface area contributed by atoms with E-state index in [1.54, 1.807) is 12.1 Å². The molecule has 0 aliphatic heterocycles. The van der Waals surface area contributed by atoms with E-state index in [9.17, 15) is 4.39 Å². The van der Waals surface area contributed by atoms with Crippen LogP contribution in [0.2, 0.25) is 0 Å². The summed E-state index contributed by atoms with van der Waals surface area (Å²) in [6.45, 7) is 1.36. The number of alkyl halides is 1. The second-order valence-electron chi connectivity index (χ2n) is 2.96. The van der Waals surface area contributed by atoms with Crippen LogP contribution >= 0.6 is 27.5 Å². The Morgan fingerprint density at radius 2 is 2.21 bits per heavy atom. The van der Waals surface area contributed by atoms with Gasteiger partial charge in [-0.05, 0) is 31.2 Å². The van der Waals surface area contributed by atoms with Crippen LogP contribution in [-0.2, 0) is 6.54 Å². The summed E-state index contributed by atoms with van der Waals surface area (Å²) < 4.78 is 14.1. The highest BCUT2D eigenvalue weighted by Crippen LogP contribution is 2.15. The Labute approximate surface area is 96.8 Å². The molecule has 78 valence electrons. The molecule has 0 radical (unpaired) electrons. The molecule has 0 aliphatic carbocycles. The van der Waals surface area contributed by atoms with Crippen LogP contribution in [0, 0.1) is 5.82 Å². The van der Waals surface area contributed by atoms with Crippen molar-refractivity contribution >= 4 is 27.5 Å². The van der Waals surface area contributed by atoms with Crippen molar-refractivity contribution in [1.29, 1.82) is 0 Å². The van der Waals surface area contributed by atoms with Gasteiger partial charge in [0.25, 0.3) is 0 Å². The highest BCUT2D eigenvalue weighted by molar-refractivity contribution is 9.10. The standard InChI is InChI=1S/C10H12BrClFN/c11-9-2-3-10(13)8(6-9)7-14-5-1-4-12/h2-3,6,14H,1,4-5,7H2. The van der Waals surface area contributed by atoms with Crippen molar-refractivity contribution in [3.05, 3.63) is 34.1 Å². The van der Waals surface area contributed by atoms with E-state index in [1.165, 1.54) is 6.07 Å². The molecule has 0 aliphatic rings. The number of benzene rings is 1. The van der Waals surface area contributed by atoms with Crippen molar-refractivity contribution in [2.75, 3.05) is 12.4 Å². The molecule has 0 spiro atoms. The molecular weight excluding hydrogens is 268 g/mol. The quantitative estimate of drug-likeness (QED) is 0.644. The molecular formula is C10H12BrClFN. The number of hydrogen-bond donors (Lipinski definition) is 1. The highest BCUT2D eigenvalue weighted by Gasteiger charge is 2.01. The Bertz CT molecular complexity index is 293. The first-order valence-electron chi connectivity index (χ1n) is 4.44. The van der Waals surface area contributed by atoms with Crippen LogP contribution in [0.5, 0.6) is 0 Å². The van der Waals surface area contributed by atoms with Gasteiger partial charge in [0.2, 0.25) is 0 Å². The molecule has 4 heteroatoms. The fraction of sp³-hybridized carbons (Fsp3) is 0.400. The minimum absolute atomic E-state index is 0.174. The van der Waals surface area contributed by atoms with Gasteiger partial charge in [0.05, 0.1) is 0 Å². The maximum Gasteiger partial charge on any atom is 0.127 e. The van der Waals surface area contributed by atoms with Gasteiger partial charge in [-0.25, -0.2) is 4.39 Å². The third kappa shape index (κ3) is 3.95. The van der Waals surface area contributed by atoms with E-state index in [4.69, 9.17) is 11.6 Å². The average Bonchev–Trinajstić information content (AvgIpc) is 2.18. The lowest BCUT2D eigenvalue weighted by atomic mass is 10.2. The third-order valence-corrected chi connectivity index (χ3v) is 2.57. The first-order chi connectivity index (χ1) is 6.74. The van der Waals surface area contributed by atoms with Gasteiger partial charge in [-0.3, -0.25) is 0 Å². The van der Waals surface area contributed by atoms with Gasteiger partial charge in [0.1, 0.15) is 5.82 Å². The van der Waals surface area contributed by atoms with Crippen molar-refractivity contribution in [3.8, 4) is 0 Å². The molecule has 0 fully saturated rings. The normalized spacial score (nSPS) is 10.5. The fourth-order valence-corrected chi connectivity index (χ4v) is 1.64. The number of hydrogen-bond acceptors (Lipinski definition) is 1. The summed E-state index contributed by atoms with van der Waals surface area (Å²) in [6.07, 6.45) is 0.900. The summed E-state index contributed by atoms with van der Waals surface area (Å²) in [5, 5.41) is 3.13. The summed E-state index contributed by atoms with van der Waals surface area (Å²) in [5.74, 6) is 0.458. The van der Waals surface area contributed by atoms with Crippen molar-refractivity contribution in [2.24, 2.45) is 0 Å². The summed E-state index contributed by atoms with van der Waals surface area (Å²) >= 11 is 8.82. The Morgan fingerprint density at radius 1 is 1.43 bits per heavy atom. The van der Waals surface area contributed by atoms with Crippen molar-refractivity contribution in [2.45, 2.75) is 13.0 Å². The molecule has 1 aromatic carbocycles. The molecule has 0 heterocycles. The Kier molecular flexibility index (Phi) is 5.45. The van der Waals surface area contributed by atoms with Crippen LogP contribution in [0.15, 0.2) is 22.7 Å². The van der Waals surface area contributed by atoms with E-state index in [2.05, 4.69) is 21.2 Å². The lowest BCUT2D eigenvalue weighted by Gasteiger charge is -2.05. The van der Waals surface area contributed by atoms with Crippen molar-refractivity contribution in [1.82, 2.24) is 5.32 Å². The second-order valence-corrected chi connectivity index (χ2v) is 4.25. The van der Waals surface area contributed by atoms with Gasteiger partial charge in [-0.1, -0.05) is 15.9 Å².